The molecule has 3 aromatic heterocycles. The van der Waals surface area contributed by atoms with E-state index in [2.05, 4.69) is 20.8 Å². The van der Waals surface area contributed by atoms with E-state index in [1.165, 1.54) is 10.7 Å². The van der Waals surface area contributed by atoms with Gasteiger partial charge in [-0.1, -0.05) is 6.92 Å². The molecular formula is C29H36F5N7O2. The Kier molecular flexibility index (Phi) is 8.50. The number of rotatable bonds is 10. The number of carbonyl (C=O) groups is 2. The minimum Gasteiger partial charge on any atom is -0.349 e. The summed E-state index contributed by atoms with van der Waals surface area (Å²) in [5, 5.41) is 14.4. The lowest BCUT2D eigenvalue weighted by molar-refractivity contribution is -0.174. The molecule has 234 valence electrons. The van der Waals surface area contributed by atoms with Crippen molar-refractivity contribution in [3.63, 3.8) is 0 Å². The highest BCUT2D eigenvalue weighted by Crippen LogP contribution is 2.43. The highest BCUT2D eigenvalue weighted by molar-refractivity contribution is 5.92. The van der Waals surface area contributed by atoms with Gasteiger partial charge < -0.3 is 10.6 Å². The van der Waals surface area contributed by atoms with Gasteiger partial charge in [0, 0.05) is 31.5 Å². The van der Waals surface area contributed by atoms with Crippen molar-refractivity contribution in [2.45, 2.75) is 95.9 Å². The molecule has 0 spiro atoms. The summed E-state index contributed by atoms with van der Waals surface area (Å²) in [4.78, 5) is 30.6. The molecule has 0 radical (unpaired) electrons. The monoisotopic (exact) mass is 609 g/mol. The summed E-state index contributed by atoms with van der Waals surface area (Å²) in [6.45, 7) is 4.76. The first-order chi connectivity index (χ1) is 20.2. The Labute approximate surface area is 245 Å². The van der Waals surface area contributed by atoms with E-state index in [0.29, 0.717) is 22.6 Å². The Morgan fingerprint density at radius 1 is 1.02 bits per heavy atom. The van der Waals surface area contributed by atoms with Crippen molar-refractivity contribution in [1.82, 2.24) is 35.0 Å². The largest absolute Gasteiger partial charge is 0.392 e. The second-order valence-corrected chi connectivity index (χ2v) is 12.2. The average molecular weight is 610 g/mol. The van der Waals surface area contributed by atoms with Crippen molar-refractivity contribution in [2.75, 3.05) is 0 Å². The standard InChI is InChI=1S/C29H36F5N7O2/c1-16(2)41-22(8-11-35-41)27(43)39-26(19-6-9-28(30,31)10-7-19)21-15-40-23(37-21)13-20(14-36-40)25(18-4-5-18)38-24(42)12-17(3)29(32,33)34/h8,11,13-19,25-26H,4-7,9-10,12H2,1-3H3,(H,38,42)(H,39,43)/t17-,25+,26-/m0/s1. The van der Waals surface area contributed by atoms with Crippen LogP contribution in [0.15, 0.2) is 30.7 Å². The molecule has 0 aliphatic heterocycles. The fourth-order valence-electron chi connectivity index (χ4n) is 5.71. The van der Waals surface area contributed by atoms with Crippen LogP contribution in [0.25, 0.3) is 5.65 Å². The Balaban J connectivity index is 1.41. The van der Waals surface area contributed by atoms with Gasteiger partial charge in [-0.15, -0.1) is 0 Å². The van der Waals surface area contributed by atoms with Crippen molar-refractivity contribution >= 4 is 17.5 Å². The number of halogens is 5. The molecule has 2 N–H and O–H groups in total. The molecule has 43 heavy (non-hydrogen) atoms. The maximum Gasteiger partial charge on any atom is 0.392 e. The van der Waals surface area contributed by atoms with Crippen LogP contribution in [0.4, 0.5) is 22.0 Å². The van der Waals surface area contributed by atoms with Gasteiger partial charge in [0.1, 0.15) is 5.69 Å². The van der Waals surface area contributed by atoms with Crippen molar-refractivity contribution in [3.05, 3.63) is 47.7 Å². The highest BCUT2D eigenvalue weighted by Gasteiger charge is 2.41. The van der Waals surface area contributed by atoms with E-state index in [1.54, 1.807) is 29.2 Å². The second kappa shape index (κ2) is 11.8. The SMILES string of the molecule is CC(C)n1nccc1C(=O)N[C@H](c1cn2ncc([C@H](NC(=O)C[C@H](C)C(F)(F)F)C3CC3)cc2n1)C1CCC(F)(F)CC1. The number of alkyl halides is 5. The summed E-state index contributed by atoms with van der Waals surface area (Å²) >= 11 is 0. The van der Waals surface area contributed by atoms with Crippen LogP contribution in [0.5, 0.6) is 0 Å². The van der Waals surface area contributed by atoms with Gasteiger partial charge in [-0.2, -0.15) is 23.4 Å². The molecule has 2 saturated carbocycles. The van der Waals surface area contributed by atoms with Gasteiger partial charge in [-0.3, -0.25) is 14.3 Å². The van der Waals surface area contributed by atoms with Gasteiger partial charge in [0.2, 0.25) is 11.8 Å². The summed E-state index contributed by atoms with van der Waals surface area (Å²) in [6, 6.07) is 2.05. The lowest BCUT2D eigenvalue weighted by Crippen LogP contribution is -2.38. The number of fused-ring (bicyclic) bond motifs is 1. The van der Waals surface area contributed by atoms with Gasteiger partial charge >= 0.3 is 6.18 Å². The molecule has 0 aromatic carbocycles. The van der Waals surface area contributed by atoms with Crippen LogP contribution in [0.2, 0.25) is 0 Å². The third-order valence-corrected chi connectivity index (χ3v) is 8.41. The number of amides is 2. The van der Waals surface area contributed by atoms with E-state index in [-0.39, 0.29) is 43.6 Å². The molecule has 0 bridgehead atoms. The van der Waals surface area contributed by atoms with Crippen LogP contribution in [0.3, 0.4) is 0 Å². The smallest absolute Gasteiger partial charge is 0.349 e. The molecule has 2 fully saturated rings. The normalized spacial score (nSPS) is 19.7. The first-order valence-corrected chi connectivity index (χ1v) is 14.7. The summed E-state index contributed by atoms with van der Waals surface area (Å²) in [7, 11) is 0. The molecule has 2 amide bonds. The predicted octanol–water partition coefficient (Wildman–Crippen LogP) is 5.96. The van der Waals surface area contributed by atoms with Crippen LogP contribution >= 0.6 is 0 Å². The quantitative estimate of drug-likeness (QED) is 0.276. The summed E-state index contributed by atoms with van der Waals surface area (Å²) in [5.41, 5.74) is 1.81. The summed E-state index contributed by atoms with van der Waals surface area (Å²) in [5.74, 6) is -5.83. The first-order valence-electron chi connectivity index (χ1n) is 14.7. The highest BCUT2D eigenvalue weighted by atomic mass is 19.4. The van der Waals surface area contributed by atoms with Crippen molar-refractivity contribution in [2.24, 2.45) is 17.8 Å². The Hall–Kier alpha value is -3.58. The average Bonchev–Trinajstić information content (AvgIpc) is 3.47. The van der Waals surface area contributed by atoms with E-state index >= 15 is 0 Å². The van der Waals surface area contributed by atoms with E-state index in [1.807, 2.05) is 13.8 Å². The third-order valence-electron chi connectivity index (χ3n) is 8.41. The van der Waals surface area contributed by atoms with Crippen LogP contribution in [0.1, 0.15) is 106 Å². The summed E-state index contributed by atoms with van der Waals surface area (Å²) < 4.78 is 70.2. The number of imidazole rings is 1. The molecule has 0 saturated heterocycles. The van der Waals surface area contributed by atoms with Crippen molar-refractivity contribution < 1.29 is 31.5 Å². The molecule has 5 rings (SSSR count). The third kappa shape index (κ3) is 7.15. The molecule has 3 aromatic rings. The number of hydrogen-bond acceptors (Lipinski definition) is 5. The lowest BCUT2D eigenvalue weighted by Gasteiger charge is -2.33. The first kappa shape index (κ1) is 30.9. The van der Waals surface area contributed by atoms with Crippen molar-refractivity contribution in [3.8, 4) is 0 Å². The zero-order valence-corrected chi connectivity index (χ0v) is 24.2. The van der Waals surface area contributed by atoms with Gasteiger partial charge in [-0.05, 0) is 69.1 Å². The Bertz CT molecular complexity index is 1450. The van der Waals surface area contributed by atoms with Gasteiger partial charge in [0.25, 0.3) is 5.91 Å². The summed E-state index contributed by atoms with van der Waals surface area (Å²) in [6.07, 6.45) is 1.02. The molecular weight excluding hydrogens is 573 g/mol. The number of nitrogens with one attached hydrogen (secondary N) is 2. The van der Waals surface area contributed by atoms with Crippen LogP contribution < -0.4 is 10.6 Å². The maximum absolute atomic E-state index is 14.0. The van der Waals surface area contributed by atoms with Crippen molar-refractivity contribution in [1.29, 1.82) is 0 Å². The Morgan fingerprint density at radius 3 is 2.33 bits per heavy atom. The molecule has 0 unspecified atom stereocenters. The molecule has 2 aliphatic carbocycles. The van der Waals surface area contributed by atoms with Gasteiger partial charge in [0.05, 0.1) is 36.1 Å². The number of hydrogen-bond donors (Lipinski definition) is 2. The van der Waals surface area contributed by atoms with Crippen LogP contribution in [-0.2, 0) is 4.79 Å². The number of carbonyl (C=O) groups excluding carboxylic acids is 2. The fraction of sp³-hybridized carbons (Fsp3) is 0.621. The van der Waals surface area contributed by atoms with Gasteiger partial charge in [-0.25, -0.2) is 18.3 Å². The minimum absolute atomic E-state index is 0.0723. The lowest BCUT2D eigenvalue weighted by atomic mass is 9.81. The zero-order chi connectivity index (χ0) is 31.1. The van der Waals surface area contributed by atoms with Crippen LogP contribution in [0, 0.1) is 17.8 Å². The van der Waals surface area contributed by atoms with E-state index < -0.39 is 48.3 Å². The topological polar surface area (TPSA) is 106 Å². The molecule has 3 atom stereocenters. The molecule has 9 nitrogen and oxygen atoms in total. The minimum atomic E-state index is -4.46. The van der Waals surface area contributed by atoms with Crippen LogP contribution in [-0.4, -0.2) is 48.3 Å². The zero-order valence-electron chi connectivity index (χ0n) is 24.2. The predicted molar refractivity (Wildman–Crippen MR) is 146 cm³/mol. The number of nitrogens with zero attached hydrogens (tertiary/aromatic N) is 5. The van der Waals surface area contributed by atoms with E-state index in [9.17, 15) is 31.5 Å². The fourth-order valence-corrected chi connectivity index (χ4v) is 5.71. The Morgan fingerprint density at radius 2 is 1.70 bits per heavy atom. The molecule has 14 heteroatoms. The molecule has 3 heterocycles. The molecule has 2 aliphatic rings. The maximum atomic E-state index is 14.0. The van der Waals surface area contributed by atoms with E-state index in [0.717, 1.165) is 19.8 Å². The van der Waals surface area contributed by atoms with E-state index in [4.69, 9.17) is 4.98 Å². The second-order valence-electron chi connectivity index (χ2n) is 12.2. The number of aromatic nitrogens is 5. The van der Waals surface area contributed by atoms with Gasteiger partial charge in [0.15, 0.2) is 5.65 Å².